The second-order valence-corrected chi connectivity index (χ2v) is 7.24. The van der Waals surface area contributed by atoms with Crippen LogP contribution in [0.15, 0.2) is 29.6 Å². The number of hydrogen-bond donors (Lipinski definition) is 0. The number of nitrogens with zero attached hydrogens (tertiary/aromatic N) is 3. The van der Waals surface area contributed by atoms with Gasteiger partial charge in [-0.25, -0.2) is 4.98 Å². The Kier molecular flexibility index (Phi) is 5.48. The Balaban J connectivity index is 1.66. The molecule has 0 N–H and O–H groups in total. The lowest BCUT2D eigenvalue weighted by atomic mass is 10.1. The zero-order valence-electron chi connectivity index (χ0n) is 14.7. The van der Waals surface area contributed by atoms with E-state index in [4.69, 9.17) is 0 Å². The van der Waals surface area contributed by atoms with Crippen molar-refractivity contribution in [1.29, 1.82) is 0 Å². The van der Waals surface area contributed by atoms with Crippen LogP contribution in [0.2, 0.25) is 0 Å². The molecule has 3 rings (SSSR count). The Hall–Kier alpha value is -2.21. The van der Waals surface area contributed by atoms with Gasteiger partial charge in [-0.05, 0) is 43.5 Å². The van der Waals surface area contributed by atoms with Gasteiger partial charge in [-0.1, -0.05) is 6.92 Å². The Morgan fingerprint density at radius 2 is 2.04 bits per heavy atom. The smallest absolute Gasteiger partial charge is 0.253 e. The van der Waals surface area contributed by atoms with E-state index in [-0.39, 0.29) is 11.8 Å². The van der Waals surface area contributed by atoms with Crippen molar-refractivity contribution in [3.05, 3.63) is 45.9 Å². The molecule has 0 unspecified atom stereocenters. The monoisotopic (exact) mass is 357 g/mol. The highest BCUT2D eigenvalue weighted by Crippen LogP contribution is 2.22. The van der Waals surface area contributed by atoms with Crippen molar-refractivity contribution < 1.29 is 9.59 Å². The fourth-order valence-electron chi connectivity index (χ4n) is 2.98. The molecule has 132 valence electrons. The normalized spacial score (nSPS) is 14.6. The van der Waals surface area contributed by atoms with Crippen molar-refractivity contribution in [2.75, 3.05) is 18.5 Å². The molecule has 0 aliphatic carbocycles. The molecule has 0 saturated carbocycles. The van der Waals surface area contributed by atoms with E-state index in [2.05, 4.69) is 11.9 Å². The number of piperidine rings is 1. The van der Waals surface area contributed by atoms with Crippen LogP contribution in [0.4, 0.5) is 5.69 Å². The van der Waals surface area contributed by atoms with Crippen LogP contribution in [0.5, 0.6) is 0 Å². The van der Waals surface area contributed by atoms with Gasteiger partial charge in [-0.2, -0.15) is 0 Å². The molecule has 1 aliphatic rings. The summed E-state index contributed by atoms with van der Waals surface area (Å²) in [5.74, 6) is 0.125. The highest BCUT2D eigenvalue weighted by Gasteiger charge is 2.20. The molecular weight excluding hydrogens is 334 g/mol. The molecule has 0 radical (unpaired) electrons. The Morgan fingerprint density at radius 1 is 1.28 bits per heavy atom. The van der Waals surface area contributed by atoms with Crippen LogP contribution < -0.4 is 4.90 Å². The minimum absolute atomic E-state index is 0.0393. The van der Waals surface area contributed by atoms with Crippen molar-refractivity contribution >= 4 is 28.8 Å². The molecule has 0 spiro atoms. The van der Waals surface area contributed by atoms with Crippen LogP contribution in [0, 0.1) is 0 Å². The summed E-state index contributed by atoms with van der Waals surface area (Å²) in [5, 5.41) is 3.10. The molecule has 1 aromatic carbocycles. The molecule has 1 aliphatic heterocycles. The van der Waals surface area contributed by atoms with Gasteiger partial charge in [-0.15, -0.1) is 11.3 Å². The van der Waals surface area contributed by atoms with E-state index >= 15 is 0 Å². The second kappa shape index (κ2) is 7.78. The third kappa shape index (κ3) is 4.07. The van der Waals surface area contributed by atoms with E-state index in [1.165, 1.54) is 0 Å². The average Bonchev–Trinajstić information content (AvgIpc) is 3.09. The maximum Gasteiger partial charge on any atom is 0.253 e. The molecule has 2 amide bonds. The van der Waals surface area contributed by atoms with Gasteiger partial charge in [0, 0.05) is 36.6 Å². The summed E-state index contributed by atoms with van der Waals surface area (Å²) in [6.07, 6.45) is 3.52. The van der Waals surface area contributed by atoms with Gasteiger partial charge in [0.1, 0.15) is 0 Å². The molecule has 25 heavy (non-hydrogen) atoms. The van der Waals surface area contributed by atoms with Gasteiger partial charge >= 0.3 is 0 Å². The summed E-state index contributed by atoms with van der Waals surface area (Å²) >= 11 is 1.63. The standard InChI is InChI=1S/C19H23N3O2S/c1-3-17-20-15(13-25-17)12-21(2)19(24)14-7-9-16(10-8-14)22-11-5-4-6-18(22)23/h7-10,13H,3-6,11-12H2,1-2H3. The van der Waals surface area contributed by atoms with Crippen LogP contribution in [0.3, 0.4) is 0 Å². The molecular formula is C19H23N3O2S. The number of rotatable bonds is 5. The van der Waals surface area contributed by atoms with Crippen molar-refractivity contribution in [2.24, 2.45) is 0 Å². The molecule has 5 nitrogen and oxygen atoms in total. The molecule has 2 aromatic rings. The van der Waals surface area contributed by atoms with Gasteiger partial charge in [0.05, 0.1) is 17.2 Å². The third-order valence-corrected chi connectivity index (χ3v) is 5.44. The Labute approximate surface area is 152 Å². The average molecular weight is 357 g/mol. The van der Waals surface area contributed by atoms with Crippen LogP contribution in [-0.4, -0.2) is 35.3 Å². The fraction of sp³-hybridized carbons (Fsp3) is 0.421. The largest absolute Gasteiger partial charge is 0.336 e. The molecule has 6 heteroatoms. The summed E-state index contributed by atoms with van der Waals surface area (Å²) in [6, 6.07) is 7.33. The van der Waals surface area contributed by atoms with Crippen molar-refractivity contribution in [2.45, 2.75) is 39.2 Å². The van der Waals surface area contributed by atoms with E-state index in [0.717, 1.165) is 42.2 Å². The van der Waals surface area contributed by atoms with E-state index in [9.17, 15) is 9.59 Å². The summed E-state index contributed by atoms with van der Waals surface area (Å²) in [7, 11) is 1.79. The summed E-state index contributed by atoms with van der Waals surface area (Å²) < 4.78 is 0. The van der Waals surface area contributed by atoms with Gasteiger partial charge in [-0.3, -0.25) is 9.59 Å². The topological polar surface area (TPSA) is 53.5 Å². The van der Waals surface area contributed by atoms with E-state index < -0.39 is 0 Å². The minimum Gasteiger partial charge on any atom is -0.336 e. The predicted molar refractivity (Wildman–Crippen MR) is 99.9 cm³/mol. The lowest BCUT2D eigenvalue weighted by Gasteiger charge is -2.27. The minimum atomic E-state index is -0.0393. The molecule has 1 aromatic heterocycles. The number of anilines is 1. The zero-order chi connectivity index (χ0) is 17.8. The highest BCUT2D eigenvalue weighted by atomic mass is 32.1. The first kappa shape index (κ1) is 17.6. The number of carbonyl (C=O) groups excluding carboxylic acids is 2. The van der Waals surface area contributed by atoms with Crippen LogP contribution in [0.25, 0.3) is 0 Å². The third-order valence-electron chi connectivity index (χ3n) is 4.40. The fourth-order valence-corrected chi connectivity index (χ4v) is 3.72. The predicted octanol–water partition coefficient (Wildman–Crippen LogP) is 3.49. The van der Waals surface area contributed by atoms with Gasteiger partial charge < -0.3 is 9.80 Å². The number of aromatic nitrogens is 1. The lowest BCUT2D eigenvalue weighted by molar-refractivity contribution is -0.119. The number of carbonyl (C=O) groups is 2. The number of hydrogen-bond acceptors (Lipinski definition) is 4. The van der Waals surface area contributed by atoms with Gasteiger partial charge in [0.15, 0.2) is 0 Å². The summed E-state index contributed by atoms with van der Waals surface area (Å²) in [6.45, 7) is 3.34. The molecule has 1 saturated heterocycles. The van der Waals surface area contributed by atoms with E-state index in [1.807, 2.05) is 22.4 Å². The van der Waals surface area contributed by atoms with Crippen molar-refractivity contribution in [1.82, 2.24) is 9.88 Å². The van der Waals surface area contributed by atoms with Crippen molar-refractivity contribution in [3.63, 3.8) is 0 Å². The number of thiazole rings is 1. The Bertz CT molecular complexity index is 754. The summed E-state index contributed by atoms with van der Waals surface area (Å²) in [5.41, 5.74) is 2.42. The maximum atomic E-state index is 12.6. The molecule has 0 bridgehead atoms. The first-order valence-electron chi connectivity index (χ1n) is 8.67. The molecule has 1 fully saturated rings. The second-order valence-electron chi connectivity index (χ2n) is 6.30. The van der Waals surface area contributed by atoms with E-state index in [1.54, 1.807) is 35.4 Å². The van der Waals surface area contributed by atoms with Gasteiger partial charge in [0.25, 0.3) is 5.91 Å². The SMILES string of the molecule is CCc1nc(CN(C)C(=O)c2ccc(N3CCCCC3=O)cc2)cs1. The first-order chi connectivity index (χ1) is 12.1. The van der Waals surface area contributed by atoms with Crippen molar-refractivity contribution in [3.8, 4) is 0 Å². The van der Waals surface area contributed by atoms with Crippen LogP contribution in [0.1, 0.15) is 47.2 Å². The molecule has 2 heterocycles. The lowest BCUT2D eigenvalue weighted by Crippen LogP contribution is -2.35. The first-order valence-corrected chi connectivity index (χ1v) is 9.55. The number of benzene rings is 1. The maximum absolute atomic E-state index is 12.6. The Morgan fingerprint density at radius 3 is 2.68 bits per heavy atom. The summed E-state index contributed by atoms with van der Waals surface area (Å²) in [4.78, 5) is 32.6. The number of aryl methyl sites for hydroxylation is 1. The molecule has 0 atom stereocenters. The van der Waals surface area contributed by atoms with Crippen LogP contribution >= 0.6 is 11.3 Å². The number of amides is 2. The van der Waals surface area contributed by atoms with Gasteiger partial charge in [0.2, 0.25) is 5.91 Å². The highest BCUT2D eigenvalue weighted by molar-refractivity contribution is 7.09. The zero-order valence-corrected chi connectivity index (χ0v) is 15.5. The van der Waals surface area contributed by atoms with Crippen LogP contribution in [-0.2, 0) is 17.8 Å². The van der Waals surface area contributed by atoms with E-state index in [0.29, 0.717) is 18.5 Å². The quantitative estimate of drug-likeness (QED) is 0.823.